The first-order chi connectivity index (χ1) is 9.32. The molecule has 2 N–H and O–H groups in total. The third kappa shape index (κ3) is 4.51. The Bertz CT molecular complexity index is 381. The summed E-state index contributed by atoms with van der Waals surface area (Å²) in [7, 11) is 0. The molecular weight excluding hydrogens is 260 g/mol. The molecule has 0 saturated carbocycles. The summed E-state index contributed by atoms with van der Waals surface area (Å²) in [4.78, 5) is 36.7. The van der Waals surface area contributed by atoms with Crippen LogP contribution in [0.3, 0.4) is 0 Å². The van der Waals surface area contributed by atoms with E-state index in [0.29, 0.717) is 19.4 Å². The van der Waals surface area contributed by atoms with Crippen LogP contribution in [0.15, 0.2) is 0 Å². The van der Waals surface area contributed by atoms with Crippen molar-refractivity contribution in [1.82, 2.24) is 10.2 Å². The number of carbonyl (C=O) groups is 3. The Morgan fingerprint density at radius 2 is 1.95 bits per heavy atom. The van der Waals surface area contributed by atoms with Crippen LogP contribution in [0, 0.1) is 5.92 Å². The van der Waals surface area contributed by atoms with Crippen molar-refractivity contribution in [1.29, 1.82) is 0 Å². The van der Waals surface area contributed by atoms with Crippen LogP contribution in [0.2, 0.25) is 0 Å². The first kappa shape index (κ1) is 16.5. The van der Waals surface area contributed by atoms with Gasteiger partial charge in [-0.25, -0.2) is 0 Å². The third-order valence-electron chi connectivity index (χ3n) is 3.46. The Labute approximate surface area is 119 Å². The van der Waals surface area contributed by atoms with Crippen LogP contribution in [-0.4, -0.2) is 46.4 Å². The fourth-order valence-electron chi connectivity index (χ4n) is 2.35. The molecule has 2 amide bonds. The number of piperidine rings is 1. The number of carbonyl (C=O) groups excluding carboxylic acids is 2. The molecule has 0 radical (unpaired) electrons. The average Bonchev–Trinajstić information content (AvgIpc) is 2.36. The van der Waals surface area contributed by atoms with E-state index in [9.17, 15) is 14.4 Å². The van der Waals surface area contributed by atoms with Gasteiger partial charge in [0.05, 0.1) is 0 Å². The molecule has 0 aromatic heterocycles. The predicted molar refractivity (Wildman–Crippen MR) is 74.0 cm³/mol. The van der Waals surface area contributed by atoms with Gasteiger partial charge in [0, 0.05) is 13.0 Å². The highest BCUT2D eigenvalue weighted by Gasteiger charge is 2.32. The largest absolute Gasteiger partial charge is 0.480 e. The van der Waals surface area contributed by atoms with E-state index in [1.54, 1.807) is 4.90 Å². The zero-order valence-electron chi connectivity index (χ0n) is 12.4. The highest BCUT2D eigenvalue weighted by molar-refractivity contribution is 5.90. The highest BCUT2D eigenvalue weighted by atomic mass is 16.4. The number of nitrogens with one attached hydrogen (secondary N) is 1. The van der Waals surface area contributed by atoms with Gasteiger partial charge < -0.3 is 15.3 Å². The summed E-state index contributed by atoms with van der Waals surface area (Å²) in [6.07, 6.45) is 2.76. The third-order valence-corrected chi connectivity index (χ3v) is 3.46. The van der Waals surface area contributed by atoms with Crippen LogP contribution >= 0.6 is 0 Å². The van der Waals surface area contributed by atoms with Gasteiger partial charge in [-0.05, 0) is 32.1 Å². The lowest BCUT2D eigenvalue weighted by molar-refractivity contribution is -0.145. The van der Waals surface area contributed by atoms with Crippen LogP contribution in [0.4, 0.5) is 0 Å². The van der Waals surface area contributed by atoms with Crippen molar-refractivity contribution in [2.75, 3.05) is 6.54 Å². The van der Waals surface area contributed by atoms with E-state index >= 15 is 0 Å². The summed E-state index contributed by atoms with van der Waals surface area (Å²) >= 11 is 0. The molecule has 1 heterocycles. The van der Waals surface area contributed by atoms with Crippen molar-refractivity contribution in [3.63, 3.8) is 0 Å². The van der Waals surface area contributed by atoms with Gasteiger partial charge in [0.1, 0.15) is 12.1 Å². The molecule has 1 rings (SSSR count). The maximum atomic E-state index is 12.3. The summed E-state index contributed by atoms with van der Waals surface area (Å²) in [5, 5.41) is 11.3. The second-order valence-electron chi connectivity index (χ2n) is 5.76. The lowest BCUT2D eigenvalue weighted by Crippen LogP contribution is -2.54. The van der Waals surface area contributed by atoms with Gasteiger partial charge >= 0.3 is 5.97 Å². The van der Waals surface area contributed by atoms with Crippen LogP contribution in [0.1, 0.15) is 46.5 Å². The summed E-state index contributed by atoms with van der Waals surface area (Å²) in [6, 6.07) is -1.51. The predicted octanol–water partition coefficient (Wildman–Crippen LogP) is 1.00. The van der Waals surface area contributed by atoms with Gasteiger partial charge in [0.25, 0.3) is 0 Å². The van der Waals surface area contributed by atoms with Gasteiger partial charge in [0.2, 0.25) is 11.8 Å². The Kier molecular flexibility index (Phi) is 5.98. The summed E-state index contributed by atoms with van der Waals surface area (Å²) in [5.41, 5.74) is 0. The number of carboxylic acids is 1. The van der Waals surface area contributed by atoms with Gasteiger partial charge in [-0.15, -0.1) is 0 Å². The van der Waals surface area contributed by atoms with Crippen LogP contribution in [-0.2, 0) is 14.4 Å². The summed E-state index contributed by atoms with van der Waals surface area (Å²) < 4.78 is 0. The molecule has 0 spiro atoms. The molecule has 1 aliphatic heterocycles. The van der Waals surface area contributed by atoms with Gasteiger partial charge in [0.15, 0.2) is 0 Å². The highest BCUT2D eigenvalue weighted by Crippen LogP contribution is 2.19. The minimum Gasteiger partial charge on any atom is -0.480 e. The molecule has 1 aliphatic rings. The topological polar surface area (TPSA) is 86.7 Å². The summed E-state index contributed by atoms with van der Waals surface area (Å²) in [5.74, 6) is -1.21. The Balaban J connectivity index is 2.79. The van der Waals surface area contributed by atoms with Crippen molar-refractivity contribution in [3.05, 3.63) is 0 Å². The second kappa shape index (κ2) is 7.26. The first-order valence-corrected chi connectivity index (χ1v) is 7.15. The Morgan fingerprint density at radius 3 is 2.45 bits per heavy atom. The number of hydrogen-bond donors (Lipinski definition) is 2. The molecule has 2 atom stereocenters. The average molecular weight is 284 g/mol. The fourth-order valence-corrected chi connectivity index (χ4v) is 2.35. The zero-order valence-corrected chi connectivity index (χ0v) is 12.4. The van der Waals surface area contributed by atoms with Crippen molar-refractivity contribution in [3.8, 4) is 0 Å². The van der Waals surface area contributed by atoms with E-state index in [4.69, 9.17) is 5.11 Å². The molecule has 2 unspecified atom stereocenters. The maximum absolute atomic E-state index is 12.3. The molecule has 0 aromatic rings. The first-order valence-electron chi connectivity index (χ1n) is 7.15. The van der Waals surface area contributed by atoms with E-state index in [-0.39, 0.29) is 17.7 Å². The lowest BCUT2D eigenvalue weighted by atomic mass is 9.98. The minimum atomic E-state index is -1.08. The quantitative estimate of drug-likeness (QED) is 0.762. The van der Waals surface area contributed by atoms with E-state index in [1.807, 2.05) is 13.8 Å². The molecule has 0 bridgehead atoms. The van der Waals surface area contributed by atoms with E-state index in [2.05, 4.69) is 5.32 Å². The molecule has 0 aromatic carbocycles. The standard InChI is InChI=1S/C14H24N2O4/c1-9(2)8-11(13(18)15-10(3)14(19)20)16-7-5-4-6-12(16)17/h9-11H,4-8H2,1-3H3,(H,15,18)(H,19,20). The Morgan fingerprint density at radius 1 is 1.30 bits per heavy atom. The molecule has 0 aliphatic carbocycles. The van der Waals surface area contributed by atoms with Crippen molar-refractivity contribution < 1.29 is 19.5 Å². The minimum absolute atomic E-state index is 0.0139. The van der Waals surface area contributed by atoms with Gasteiger partial charge in [-0.2, -0.15) is 0 Å². The molecular formula is C14H24N2O4. The lowest BCUT2D eigenvalue weighted by Gasteiger charge is -2.35. The molecule has 6 heteroatoms. The molecule has 1 fully saturated rings. The molecule has 20 heavy (non-hydrogen) atoms. The normalized spacial score (nSPS) is 18.8. The van der Waals surface area contributed by atoms with E-state index in [0.717, 1.165) is 12.8 Å². The van der Waals surface area contributed by atoms with Gasteiger partial charge in [-0.1, -0.05) is 13.8 Å². The van der Waals surface area contributed by atoms with Crippen LogP contribution in [0.5, 0.6) is 0 Å². The summed E-state index contributed by atoms with van der Waals surface area (Å²) in [6.45, 7) is 5.96. The van der Waals surface area contributed by atoms with E-state index in [1.165, 1.54) is 6.92 Å². The van der Waals surface area contributed by atoms with Gasteiger partial charge in [-0.3, -0.25) is 14.4 Å². The smallest absolute Gasteiger partial charge is 0.325 e. The number of likely N-dealkylation sites (tertiary alicyclic amines) is 1. The van der Waals surface area contributed by atoms with Crippen molar-refractivity contribution >= 4 is 17.8 Å². The van der Waals surface area contributed by atoms with E-state index < -0.39 is 18.1 Å². The number of hydrogen-bond acceptors (Lipinski definition) is 3. The Hall–Kier alpha value is -1.59. The van der Waals surface area contributed by atoms with Crippen LogP contribution in [0.25, 0.3) is 0 Å². The maximum Gasteiger partial charge on any atom is 0.325 e. The van der Waals surface area contributed by atoms with Crippen LogP contribution < -0.4 is 5.32 Å². The monoisotopic (exact) mass is 284 g/mol. The zero-order chi connectivity index (χ0) is 15.3. The molecule has 1 saturated heterocycles. The number of aliphatic carboxylic acids is 1. The number of amides is 2. The second-order valence-corrected chi connectivity index (χ2v) is 5.76. The van der Waals surface area contributed by atoms with Crippen molar-refractivity contribution in [2.45, 2.75) is 58.5 Å². The number of nitrogens with zero attached hydrogens (tertiary/aromatic N) is 1. The number of rotatable bonds is 6. The number of carboxylic acid groups (broad SMARTS) is 1. The SMILES string of the molecule is CC(C)CC(C(=O)NC(C)C(=O)O)N1CCCCC1=O. The fraction of sp³-hybridized carbons (Fsp3) is 0.786. The molecule has 114 valence electrons. The molecule has 6 nitrogen and oxygen atoms in total. The van der Waals surface area contributed by atoms with Crippen molar-refractivity contribution in [2.24, 2.45) is 5.92 Å².